The topological polar surface area (TPSA) is 29.5 Å². The molecule has 2 nitrogen and oxygen atoms in total. The first-order chi connectivity index (χ1) is 9.31. The van der Waals surface area contributed by atoms with Crippen molar-refractivity contribution in [1.29, 1.82) is 0 Å². The number of hydrogen-bond donors (Lipinski definition) is 1. The second-order valence-corrected chi connectivity index (χ2v) is 5.56. The van der Waals surface area contributed by atoms with Crippen molar-refractivity contribution in [2.45, 2.75) is 63.6 Å². The Balaban J connectivity index is 1.78. The van der Waals surface area contributed by atoms with Crippen LogP contribution >= 0.6 is 0 Å². The van der Waals surface area contributed by atoms with Crippen LogP contribution < -0.4 is 0 Å². The summed E-state index contributed by atoms with van der Waals surface area (Å²) in [4.78, 5) is 0. The van der Waals surface area contributed by atoms with Gasteiger partial charge in [-0.1, -0.05) is 37.3 Å². The Morgan fingerprint density at radius 3 is 2.74 bits per heavy atom. The minimum absolute atomic E-state index is 0.228. The van der Waals surface area contributed by atoms with Gasteiger partial charge in [0.1, 0.15) is 0 Å². The van der Waals surface area contributed by atoms with Gasteiger partial charge in [0.25, 0.3) is 0 Å². The van der Waals surface area contributed by atoms with Crippen molar-refractivity contribution in [3.05, 3.63) is 35.9 Å². The molecule has 0 amide bonds. The largest absolute Gasteiger partial charge is 0.392 e. The number of aliphatic hydroxyl groups excluding tert-OH is 1. The summed E-state index contributed by atoms with van der Waals surface area (Å²) in [5.74, 6) is 0.269. The molecule has 106 valence electrons. The highest BCUT2D eigenvalue weighted by Crippen LogP contribution is 2.27. The molecule has 19 heavy (non-hydrogen) atoms. The standard InChI is InChI=1S/C17H26O2/c1-2-16(14-8-4-3-5-9-14)17(18)12-6-10-15-11-7-13-19-15/h3-5,8-9,15-18H,2,6-7,10-13H2,1H3. The van der Waals surface area contributed by atoms with E-state index in [9.17, 15) is 5.11 Å². The van der Waals surface area contributed by atoms with Gasteiger partial charge in [-0.3, -0.25) is 0 Å². The summed E-state index contributed by atoms with van der Waals surface area (Å²) in [6.07, 6.45) is 6.66. The zero-order valence-corrected chi connectivity index (χ0v) is 11.9. The Bertz CT molecular complexity index is 344. The van der Waals surface area contributed by atoms with Gasteiger partial charge in [0.05, 0.1) is 12.2 Å². The van der Waals surface area contributed by atoms with Crippen molar-refractivity contribution >= 4 is 0 Å². The van der Waals surface area contributed by atoms with E-state index in [-0.39, 0.29) is 12.0 Å². The highest BCUT2D eigenvalue weighted by Gasteiger charge is 2.20. The molecular formula is C17H26O2. The van der Waals surface area contributed by atoms with Crippen LogP contribution in [0.1, 0.15) is 56.9 Å². The van der Waals surface area contributed by atoms with Crippen molar-refractivity contribution in [1.82, 2.24) is 0 Å². The number of hydrogen-bond acceptors (Lipinski definition) is 2. The molecule has 0 aromatic heterocycles. The van der Waals surface area contributed by atoms with E-state index in [2.05, 4.69) is 31.2 Å². The highest BCUT2D eigenvalue weighted by atomic mass is 16.5. The van der Waals surface area contributed by atoms with Crippen molar-refractivity contribution < 1.29 is 9.84 Å². The molecule has 2 rings (SSSR count). The Morgan fingerprint density at radius 2 is 2.11 bits per heavy atom. The van der Waals surface area contributed by atoms with Crippen molar-refractivity contribution in [2.24, 2.45) is 0 Å². The zero-order chi connectivity index (χ0) is 13.5. The van der Waals surface area contributed by atoms with Gasteiger partial charge in [-0.05, 0) is 44.1 Å². The van der Waals surface area contributed by atoms with Gasteiger partial charge >= 0.3 is 0 Å². The van der Waals surface area contributed by atoms with Crippen molar-refractivity contribution in [3.63, 3.8) is 0 Å². The monoisotopic (exact) mass is 262 g/mol. The highest BCUT2D eigenvalue weighted by molar-refractivity contribution is 5.20. The second-order valence-electron chi connectivity index (χ2n) is 5.56. The fraction of sp³-hybridized carbons (Fsp3) is 0.647. The van der Waals surface area contributed by atoms with E-state index in [0.29, 0.717) is 6.10 Å². The van der Waals surface area contributed by atoms with E-state index in [4.69, 9.17) is 4.74 Å². The molecule has 1 aromatic carbocycles. The molecule has 3 unspecified atom stereocenters. The fourth-order valence-corrected chi connectivity index (χ4v) is 3.06. The van der Waals surface area contributed by atoms with E-state index < -0.39 is 0 Å². The molecule has 1 saturated heterocycles. The van der Waals surface area contributed by atoms with Crippen LogP contribution in [-0.2, 0) is 4.74 Å². The molecule has 1 aliphatic heterocycles. The summed E-state index contributed by atoms with van der Waals surface area (Å²) in [7, 11) is 0. The van der Waals surface area contributed by atoms with Gasteiger partial charge in [0, 0.05) is 12.5 Å². The third kappa shape index (κ3) is 4.32. The molecule has 0 radical (unpaired) electrons. The van der Waals surface area contributed by atoms with E-state index in [1.165, 1.54) is 18.4 Å². The van der Waals surface area contributed by atoms with Gasteiger partial charge in [0.2, 0.25) is 0 Å². The van der Waals surface area contributed by atoms with Crippen LogP contribution in [0.25, 0.3) is 0 Å². The maximum atomic E-state index is 10.4. The molecule has 1 aromatic rings. The van der Waals surface area contributed by atoms with Crippen LogP contribution in [0.4, 0.5) is 0 Å². The lowest BCUT2D eigenvalue weighted by molar-refractivity contribution is 0.0889. The van der Waals surface area contributed by atoms with Crippen LogP contribution in [0.5, 0.6) is 0 Å². The van der Waals surface area contributed by atoms with Gasteiger partial charge in [-0.15, -0.1) is 0 Å². The summed E-state index contributed by atoms with van der Waals surface area (Å²) in [5.41, 5.74) is 1.26. The fourth-order valence-electron chi connectivity index (χ4n) is 3.06. The average molecular weight is 262 g/mol. The smallest absolute Gasteiger partial charge is 0.0608 e. The van der Waals surface area contributed by atoms with Gasteiger partial charge in [-0.2, -0.15) is 0 Å². The maximum absolute atomic E-state index is 10.4. The van der Waals surface area contributed by atoms with Crippen LogP contribution in [0.15, 0.2) is 30.3 Å². The normalized spacial score (nSPS) is 22.3. The molecule has 1 aliphatic rings. The molecule has 1 N–H and O–H groups in total. The van der Waals surface area contributed by atoms with Crippen LogP contribution in [0.3, 0.4) is 0 Å². The first-order valence-corrected chi connectivity index (χ1v) is 7.66. The molecule has 0 aliphatic carbocycles. The molecular weight excluding hydrogens is 236 g/mol. The predicted octanol–water partition coefficient (Wildman–Crippen LogP) is 3.89. The Labute approximate surface area is 116 Å². The minimum atomic E-state index is -0.228. The molecule has 1 fully saturated rings. The Kier molecular flexibility index (Phi) is 5.87. The molecule has 0 bridgehead atoms. The van der Waals surface area contributed by atoms with E-state index in [1.54, 1.807) is 0 Å². The van der Waals surface area contributed by atoms with Gasteiger partial charge in [-0.25, -0.2) is 0 Å². The van der Waals surface area contributed by atoms with E-state index >= 15 is 0 Å². The minimum Gasteiger partial charge on any atom is -0.392 e. The third-order valence-corrected chi connectivity index (χ3v) is 4.18. The summed E-state index contributed by atoms with van der Waals surface area (Å²) in [6.45, 7) is 3.08. The quantitative estimate of drug-likeness (QED) is 0.807. The first-order valence-electron chi connectivity index (χ1n) is 7.66. The van der Waals surface area contributed by atoms with Crippen molar-refractivity contribution in [3.8, 4) is 0 Å². The van der Waals surface area contributed by atoms with Gasteiger partial charge < -0.3 is 9.84 Å². The average Bonchev–Trinajstić information content (AvgIpc) is 2.94. The summed E-state index contributed by atoms with van der Waals surface area (Å²) in [6, 6.07) is 10.4. The Hall–Kier alpha value is -0.860. The lowest BCUT2D eigenvalue weighted by Gasteiger charge is -2.22. The SMILES string of the molecule is CCC(c1ccccc1)C(O)CCCC1CCCO1. The van der Waals surface area contributed by atoms with Crippen molar-refractivity contribution in [2.75, 3.05) is 6.61 Å². The zero-order valence-electron chi connectivity index (χ0n) is 11.9. The lowest BCUT2D eigenvalue weighted by atomic mass is 9.88. The molecule has 1 heterocycles. The maximum Gasteiger partial charge on any atom is 0.0608 e. The van der Waals surface area contributed by atoms with E-state index in [1.807, 2.05) is 6.07 Å². The molecule has 0 spiro atoms. The van der Waals surface area contributed by atoms with Gasteiger partial charge in [0.15, 0.2) is 0 Å². The summed E-state index contributed by atoms with van der Waals surface area (Å²) >= 11 is 0. The predicted molar refractivity (Wildman–Crippen MR) is 78.3 cm³/mol. The number of benzene rings is 1. The molecule has 0 saturated carbocycles. The lowest BCUT2D eigenvalue weighted by Crippen LogP contribution is -2.18. The third-order valence-electron chi connectivity index (χ3n) is 4.18. The first kappa shape index (κ1) is 14.5. The number of rotatable bonds is 7. The molecule has 3 atom stereocenters. The van der Waals surface area contributed by atoms with Crippen LogP contribution in [-0.4, -0.2) is 23.9 Å². The van der Waals surface area contributed by atoms with Crippen LogP contribution in [0, 0.1) is 0 Å². The number of ether oxygens (including phenoxy) is 1. The Morgan fingerprint density at radius 1 is 1.32 bits per heavy atom. The van der Waals surface area contributed by atoms with E-state index in [0.717, 1.165) is 32.3 Å². The molecule has 2 heteroatoms. The van der Waals surface area contributed by atoms with Crippen LogP contribution in [0.2, 0.25) is 0 Å². The summed E-state index contributed by atoms with van der Waals surface area (Å²) in [5, 5.41) is 10.4. The number of aliphatic hydroxyl groups is 1. The second kappa shape index (κ2) is 7.66. The summed E-state index contributed by atoms with van der Waals surface area (Å²) < 4.78 is 5.62.